The average molecular weight is 352 g/mol. The lowest BCUT2D eigenvalue weighted by Crippen LogP contribution is -2.36. The van der Waals surface area contributed by atoms with Gasteiger partial charge in [0.05, 0.1) is 6.54 Å². The largest absolute Gasteiger partial charge is 0.454 e. The highest BCUT2D eigenvalue weighted by molar-refractivity contribution is 5.92. The topological polar surface area (TPSA) is 50.8 Å². The predicted octanol–water partition coefficient (Wildman–Crippen LogP) is 3.83. The lowest BCUT2D eigenvalue weighted by molar-refractivity contribution is -0.117. The summed E-state index contributed by atoms with van der Waals surface area (Å²) in [5, 5.41) is 2.99. The van der Waals surface area contributed by atoms with Crippen molar-refractivity contribution in [1.29, 1.82) is 0 Å². The molecule has 5 heteroatoms. The van der Waals surface area contributed by atoms with E-state index >= 15 is 0 Å². The van der Waals surface area contributed by atoms with E-state index in [-0.39, 0.29) is 18.7 Å². The number of carbonyl (C=O) groups excluding carboxylic acids is 1. The molecule has 1 fully saturated rings. The van der Waals surface area contributed by atoms with Gasteiger partial charge in [-0.05, 0) is 43.4 Å². The molecule has 5 nitrogen and oxygen atoms in total. The van der Waals surface area contributed by atoms with Crippen LogP contribution in [0.3, 0.4) is 0 Å². The highest BCUT2D eigenvalue weighted by Crippen LogP contribution is 2.35. The van der Waals surface area contributed by atoms with Gasteiger partial charge in [0.2, 0.25) is 12.7 Å². The van der Waals surface area contributed by atoms with Crippen molar-refractivity contribution < 1.29 is 14.3 Å². The third-order valence-corrected chi connectivity index (χ3v) is 5.02. The molecule has 2 aliphatic rings. The number of rotatable bonds is 7. The molecule has 0 spiro atoms. The first-order valence-electron chi connectivity index (χ1n) is 9.17. The van der Waals surface area contributed by atoms with E-state index in [0.29, 0.717) is 12.3 Å². The maximum atomic E-state index is 12.6. The monoisotopic (exact) mass is 352 g/mol. The fourth-order valence-electron chi connectivity index (χ4n) is 3.29. The van der Waals surface area contributed by atoms with Gasteiger partial charge in [-0.1, -0.05) is 30.3 Å². The number of hydrogen-bond acceptors (Lipinski definition) is 4. The molecule has 0 aromatic heterocycles. The predicted molar refractivity (Wildman–Crippen MR) is 100 cm³/mol. The van der Waals surface area contributed by atoms with Gasteiger partial charge in [-0.15, -0.1) is 0 Å². The van der Waals surface area contributed by atoms with Gasteiger partial charge in [0.25, 0.3) is 0 Å². The van der Waals surface area contributed by atoms with E-state index in [9.17, 15) is 4.79 Å². The normalized spacial score (nSPS) is 16.5. The van der Waals surface area contributed by atoms with Gasteiger partial charge in [0.1, 0.15) is 0 Å². The summed E-state index contributed by atoms with van der Waals surface area (Å²) < 4.78 is 10.7. The van der Waals surface area contributed by atoms with Crippen LogP contribution in [-0.2, 0) is 4.79 Å². The number of nitrogens with zero attached hydrogens (tertiary/aromatic N) is 1. The molecule has 0 bridgehead atoms. The van der Waals surface area contributed by atoms with Crippen molar-refractivity contribution in [2.75, 3.05) is 25.2 Å². The Bertz CT molecular complexity index is 774. The van der Waals surface area contributed by atoms with Gasteiger partial charge in [-0.2, -0.15) is 0 Å². The number of anilines is 1. The first kappa shape index (κ1) is 16.9. The van der Waals surface area contributed by atoms with E-state index in [4.69, 9.17) is 9.47 Å². The molecular formula is C21H24N2O3. The number of ether oxygens (including phenoxy) is 2. The molecule has 1 aliphatic heterocycles. The summed E-state index contributed by atoms with van der Waals surface area (Å²) in [5.41, 5.74) is 1.97. The summed E-state index contributed by atoms with van der Waals surface area (Å²) in [6, 6.07) is 16.1. The molecule has 1 heterocycles. The van der Waals surface area contributed by atoms with Crippen molar-refractivity contribution in [1.82, 2.24) is 4.90 Å². The van der Waals surface area contributed by atoms with Crippen molar-refractivity contribution in [2.45, 2.75) is 25.8 Å². The van der Waals surface area contributed by atoms with Crippen LogP contribution in [0.1, 0.15) is 31.4 Å². The van der Waals surface area contributed by atoms with Gasteiger partial charge in [0.15, 0.2) is 11.5 Å². The Labute approximate surface area is 153 Å². The minimum absolute atomic E-state index is 0.00713. The molecule has 26 heavy (non-hydrogen) atoms. The standard InChI is InChI=1S/C21H24N2O3/c1-15(17-5-3-2-4-6-17)23(12-16-7-8-16)13-21(24)22-18-9-10-19-20(11-18)26-14-25-19/h2-6,9-11,15-16H,7-8,12-14H2,1H3,(H,22,24). The summed E-state index contributed by atoms with van der Waals surface area (Å²) in [7, 11) is 0. The Balaban J connectivity index is 1.42. The first-order chi connectivity index (χ1) is 12.7. The highest BCUT2D eigenvalue weighted by atomic mass is 16.7. The van der Waals surface area contributed by atoms with E-state index in [1.165, 1.54) is 18.4 Å². The molecular weight excluding hydrogens is 328 g/mol. The summed E-state index contributed by atoms with van der Waals surface area (Å²) in [6.07, 6.45) is 2.53. The van der Waals surface area contributed by atoms with Crippen molar-refractivity contribution in [2.24, 2.45) is 5.92 Å². The van der Waals surface area contributed by atoms with Crippen LogP contribution in [-0.4, -0.2) is 30.7 Å². The van der Waals surface area contributed by atoms with Gasteiger partial charge in [0, 0.05) is 24.3 Å². The molecule has 1 amide bonds. The van der Waals surface area contributed by atoms with E-state index in [2.05, 4.69) is 29.3 Å². The molecule has 1 unspecified atom stereocenters. The molecule has 136 valence electrons. The smallest absolute Gasteiger partial charge is 0.238 e. The number of amides is 1. The maximum Gasteiger partial charge on any atom is 0.238 e. The molecule has 4 rings (SSSR count). The Morgan fingerprint density at radius 1 is 1.15 bits per heavy atom. The number of carbonyl (C=O) groups is 1. The van der Waals surface area contributed by atoms with E-state index in [1.54, 1.807) is 0 Å². The van der Waals surface area contributed by atoms with Gasteiger partial charge < -0.3 is 14.8 Å². The zero-order valence-electron chi connectivity index (χ0n) is 15.0. The van der Waals surface area contributed by atoms with Crippen molar-refractivity contribution >= 4 is 11.6 Å². The highest BCUT2D eigenvalue weighted by Gasteiger charge is 2.28. The fraction of sp³-hybridized carbons (Fsp3) is 0.381. The van der Waals surface area contributed by atoms with Crippen LogP contribution >= 0.6 is 0 Å². The van der Waals surface area contributed by atoms with Crippen LogP contribution in [0, 0.1) is 5.92 Å². The third kappa shape index (κ3) is 3.99. The first-order valence-corrected chi connectivity index (χ1v) is 9.17. The van der Waals surface area contributed by atoms with E-state index < -0.39 is 0 Å². The quantitative estimate of drug-likeness (QED) is 0.823. The number of benzene rings is 2. The second-order valence-corrected chi connectivity index (χ2v) is 7.08. The SMILES string of the molecule is CC(c1ccccc1)N(CC(=O)Nc1ccc2c(c1)OCO2)CC1CC1. The van der Waals surface area contributed by atoms with Crippen molar-refractivity contribution in [3.63, 3.8) is 0 Å². The molecule has 1 atom stereocenters. The molecule has 1 N–H and O–H groups in total. The second-order valence-electron chi connectivity index (χ2n) is 7.08. The van der Waals surface area contributed by atoms with Crippen molar-refractivity contribution in [3.05, 3.63) is 54.1 Å². The van der Waals surface area contributed by atoms with E-state index in [0.717, 1.165) is 23.9 Å². The van der Waals surface area contributed by atoms with Gasteiger partial charge in [-0.25, -0.2) is 0 Å². The van der Waals surface area contributed by atoms with Crippen LogP contribution in [0.2, 0.25) is 0 Å². The Morgan fingerprint density at radius 3 is 2.69 bits per heavy atom. The zero-order chi connectivity index (χ0) is 17.9. The number of fused-ring (bicyclic) bond motifs is 1. The summed E-state index contributed by atoms with van der Waals surface area (Å²) in [6.45, 7) is 3.74. The second kappa shape index (κ2) is 7.38. The Hall–Kier alpha value is -2.53. The Kier molecular flexibility index (Phi) is 4.80. The minimum Gasteiger partial charge on any atom is -0.454 e. The van der Waals surface area contributed by atoms with Crippen LogP contribution in [0.15, 0.2) is 48.5 Å². The minimum atomic E-state index is -0.00713. The summed E-state index contributed by atoms with van der Waals surface area (Å²) in [4.78, 5) is 14.9. The summed E-state index contributed by atoms with van der Waals surface area (Å²) in [5.74, 6) is 2.11. The molecule has 0 saturated heterocycles. The van der Waals surface area contributed by atoms with Crippen LogP contribution in [0.25, 0.3) is 0 Å². The molecule has 2 aromatic carbocycles. The lowest BCUT2D eigenvalue weighted by Gasteiger charge is -2.29. The molecule has 1 saturated carbocycles. The average Bonchev–Trinajstić information content (AvgIpc) is 3.35. The number of nitrogens with one attached hydrogen (secondary N) is 1. The zero-order valence-corrected chi connectivity index (χ0v) is 15.0. The maximum absolute atomic E-state index is 12.6. The van der Waals surface area contributed by atoms with Gasteiger partial charge >= 0.3 is 0 Å². The molecule has 1 aliphatic carbocycles. The van der Waals surface area contributed by atoms with E-state index in [1.807, 2.05) is 36.4 Å². The fourth-order valence-corrected chi connectivity index (χ4v) is 3.29. The Morgan fingerprint density at radius 2 is 1.92 bits per heavy atom. The third-order valence-electron chi connectivity index (χ3n) is 5.02. The number of hydrogen-bond donors (Lipinski definition) is 1. The van der Waals surface area contributed by atoms with Crippen LogP contribution in [0.5, 0.6) is 11.5 Å². The van der Waals surface area contributed by atoms with Crippen LogP contribution < -0.4 is 14.8 Å². The van der Waals surface area contributed by atoms with Crippen molar-refractivity contribution in [3.8, 4) is 11.5 Å². The molecule has 2 aromatic rings. The lowest BCUT2D eigenvalue weighted by atomic mass is 10.1. The van der Waals surface area contributed by atoms with Crippen LogP contribution in [0.4, 0.5) is 5.69 Å². The molecule has 0 radical (unpaired) electrons. The van der Waals surface area contributed by atoms with Gasteiger partial charge in [-0.3, -0.25) is 9.69 Å². The summed E-state index contributed by atoms with van der Waals surface area (Å²) >= 11 is 0.